The van der Waals surface area contributed by atoms with Crippen LogP contribution in [-0.4, -0.2) is 44.2 Å². The number of nitrogens with two attached hydrogens (primary N) is 1. The summed E-state index contributed by atoms with van der Waals surface area (Å²) in [5, 5.41) is 5.07. The molecular weight excluding hydrogens is 298 g/mol. The molecule has 2 N–H and O–H groups in total. The van der Waals surface area contributed by atoms with E-state index >= 15 is 0 Å². The van der Waals surface area contributed by atoms with Crippen LogP contribution in [0.4, 0.5) is 0 Å². The number of aromatic nitrogens is 1. The van der Waals surface area contributed by atoms with E-state index in [1.165, 1.54) is 22.8 Å². The molecule has 0 aliphatic carbocycles. The lowest BCUT2D eigenvalue weighted by molar-refractivity contribution is 0.0230. The van der Waals surface area contributed by atoms with E-state index in [9.17, 15) is 13.2 Å². The average Bonchev–Trinajstić information content (AvgIpc) is 2.75. The van der Waals surface area contributed by atoms with Gasteiger partial charge in [-0.05, 0) is 12.1 Å². The van der Waals surface area contributed by atoms with Crippen LogP contribution in [-0.2, 0) is 21.4 Å². The minimum absolute atomic E-state index is 0.0812. The Hall–Kier alpha value is -1.68. The molecule has 0 atom stereocenters. The van der Waals surface area contributed by atoms with Crippen LogP contribution in [0.25, 0.3) is 11.1 Å². The third kappa shape index (κ3) is 2.86. The Bertz CT molecular complexity index is 817. The first kappa shape index (κ1) is 14.3. The molecule has 0 amide bonds. The standard InChI is InChI=1S/C12H15N3O5S/c13-21(17,18)9-1-2-10-11(7-9)20-12(16)15(10)8-14-3-5-19-6-4-14/h1-2,7H,3-6,8H2,(H2,13,17,18). The van der Waals surface area contributed by atoms with E-state index in [0.29, 0.717) is 25.4 Å². The molecular formula is C12H15N3O5S. The minimum atomic E-state index is -3.82. The van der Waals surface area contributed by atoms with Crippen molar-refractivity contribution >= 4 is 21.1 Å². The number of rotatable bonds is 3. The van der Waals surface area contributed by atoms with Gasteiger partial charge in [-0.2, -0.15) is 0 Å². The normalized spacial score (nSPS) is 17.4. The van der Waals surface area contributed by atoms with Gasteiger partial charge in [0.15, 0.2) is 5.58 Å². The lowest BCUT2D eigenvalue weighted by Crippen LogP contribution is -2.39. The summed E-state index contributed by atoms with van der Waals surface area (Å²) in [6.07, 6.45) is 0. The third-order valence-electron chi connectivity index (χ3n) is 3.41. The number of hydrogen-bond acceptors (Lipinski definition) is 6. The van der Waals surface area contributed by atoms with Gasteiger partial charge in [0.2, 0.25) is 10.0 Å². The van der Waals surface area contributed by atoms with E-state index in [-0.39, 0.29) is 10.5 Å². The number of primary sulfonamides is 1. The molecule has 1 aliphatic heterocycles. The molecule has 0 bridgehead atoms. The van der Waals surface area contributed by atoms with E-state index in [4.69, 9.17) is 14.3 Å². The van der Waals surface area contributed by atoms with Crippen molar-refractivity contribution in [1.82, 2.24) is 9.47 Å². The molecule has 8 nitrogen and oxygen atoms in total. The van der Waals surface area contributed by atoms with Crippen molar-refractivity contribution in [2.24, 2.45) is 5.14 Å². The first-order chi connectivity index (χ1) is 9.95. The molecule has 21 heavy (non-hydrogen) atoms. The van der Waals surface area contributed by atoms with E-state index in [2.05, 4.69) is 4.90 Å². The van der Waals surface area contributed by atoms with E-state index < -0.39 is 15.8 Å². The molecule has 1 saturated heterocycles. The van der Waals surface area contributed by atoms with Gasteiger partial charge >= 0.3 is 5.76 Å². The molecule has 1 fully saturated rings. The molecule has 0 unspecified atom stereocenters. The molecule has 0 radical (unpaired) electrons. The topological polar surface area (TPSA) is 108 Å². The average molecular weight is 313 g/mol. The number of benzene rings is 1. The SMILES string of the molecule is NS(=O)(=O)c1ccc2c(c1)oc(=O)n2CN1CCOCC1. The van der Waals surface area contributed by atoms with Crippen molar-refractivity contribution < 1.29 is 17.6 Å². The summed E-state index contributed by atoms with van der Waals surface area (Å²) in [6, 6.07) is 4.16. The number of nitrogens with zero attached hydrogens (tertiary/aromatic N) is 2. The van der Waals surface area contributed by atoms with E-state index in [1.54, 1.807) is 0 Å². The second-order valence-electron chi connectivity index (χ2n) is 4.84. The quantitative estimate of drug-likeness (QED) is 0.821. The van der Waals surface area contributed by atoms with Gasteiger partial charge in [0, 0.05) is 19.2 Å². The molecule has 2 aromatic rings. The molecule has 1 aromatic carbocycles. The Labute approximate surface area is 120 Å². The largest absolute Gasteiger partial charge is 0.421 e. The van der Waals surface area contributed by atoms with Gasteiger partial charge in [-0.1, -0.05) is 0 Å². The van der Waals surface area contributed by atoms with Crippen molar-refractivity contribution in [3.63, 3.8) is 0 Å². The Morgan fingerprint density at radius 3 is 2.62 bits per heavy atom. The maximum Gasteiger partial charge on any atom is 0.421 e. The van der Waals surface area contributed by atoms with Gasteiger partial charge in [0.1, 0.15) is 0 Å². The summed E-state index contributed by atoms with van der Waals surface area (Å²) in [5.74, 6) is -0.525. The predicted octanol–water partition coefficient (Wildman–Crippen LogP) is -0.468. The third-order valence-corrected chi connectivity index (χ3v) is 4.32. The number of fused-ring (bicyclic) bond motifs is 1. The second-order valence-corrected chi connectivity index (χ2v) is 6.40. The first-order valence-electron chi connectivity index (χ1n) is 6.41. The maximum atomic E-state index is 11.9. The lowest BCUT2D eigenvalue weighted by atomic mass is 10.3. The summed E-state index contributed by atoms with van der Waals surface area (Å²) in [4.78, 5) is 13.9. The summed E-state index contributed by atoms with van der Waals surface area (Å²) in [5.41, 5.74) is 0.749. The second kappa shape index (κ2) is 5.26. The fourth-order valence-corrected chi connectivity index (χ4v) is 2.83. The number of morpholine rings is 1. The number of hydrogen-bond donors (Lipinski definition) is 1. The fourth-order valence-electron chi connectivity index (χ4n) is 2.30. The number of ether oxygens (including phenoxy) is 1. The van der Waals surface area contributed by atoms with E-state index in [0.717, 1.165) is 13.1 Å². The van der Waals surface area contributed by atoms with Crippen LogP contribution in [0.2, 0.25) is 0 Å². The fraction of sp³-hybridized carbons (Fsp3) is 0.417. The first-order valence-corrected chi connectivity index (χ1v) is 7.96. The summed E-state index contributed by atoms with van der Waals surface area (Å²) >= 11 is 0. The van der Waals surface area contributed by atoms with Gasteiger partial charge in [-0.15, -0.1) is 0 Å². The van der Waals surface area contributed by atoms with Crippen LogP contribution in [0.1, 0.15) is 0 Å². The smallest absolute Gasteiger partial charge is 0.408 e. The van der Waals surface area contributed by atoms with Gasteiger partial charge in [0.05, 0.1) is 30.3 Å². The van der Waals surface area contributed by atoms with Crippen LogP contribution in [0.5, 0.6) is 0 Å². The van der Waals surface area contributed by atoms with Crippen molar-refractivity contribution in [2.45, 2.75) is 11.6 Å². The number of oxazole rings is 1. The molecule has 0 spiro atoms. The van der Waals surface area contributed by atoms with Crippen molar-refractivity contribution in [1.29, 1.82) is 0 Å². The molecule has 9 heteroatoms. The maximum absolute atomic E-state index is 11.9. The van der Waals surface area contributed by atoms with Crippen molar-refractivity contribution in [3.05, 3.63) is 28.7 Å². The predicted molar refractivity (Wildman–Crippen MR) is 74.2 cm³/mol. The zero-order valence-corrected chi connectivity index (χ0v) is 12.0. The Morgan fingerprint density at radius 1 is 1.24 bits per heavy atom. The highest BCUT2D eigenvalue weighted by Crippen LogP contribution is 2.18. The van der Waals surface area contributed by atoms with Crippen molar-refractivity contribution in [3.8, 4) is 0 Å². The summed E-state index contributed by atoms with van der Waals surface area (Å²) in [7, 11) is -3.82. The monoisotopic (exact) mass is 313 g/mol. The summed E-state index contributed by atoms with van der Waals surface area (Å²) < 4.78 is 34.5. The zero-order valence-electron chi connectivity index (χ0n) is 11.2. The van der Waals surface area contributed by atoms with Gasteiger partial charge in [0.25, 0.3) is 0 Å². The lowest BCUT2D eigenvalue weighted by Gasteiger charge is -2.26. The number of sulfonamides is 1. The highest BCUT2D eigenvalue weighted by atomic mass is 32.2. The highest BCUT2D eigenvalue weighted by molar-refractivity contribution is 7.89. The van der Waals surface area contributed by atoms with Crippen LogP contribution in [0, 0.1) is 0 Å². The summed E-state index contributed by atoms with van der Waals surface area (Å²) in [6.45, 7) is 3.09. The van der Waals surface area contributed by atoms with Gasteiger partial charge in [-0.3, -0.25) is 9.47 Å². The molecule has 1 aliphatic rings. The molecule has 2 heterocycles. The van der Waals surface area contributed by atoms with Crippen LogP contribution >= 0.6 is 0 Å². The zero-order chi connectivity index (χ0) is 15.0. The van der Waals surface area contributed by atoms with E-state index in [1.807, 2.05) is 0 Å². The van der Waals surface area contributed by atoms with Crippen LogP contribution in [0.15, 0.2) is 32.3 Å². The Balaban J connectivity index is 1.99. The highest BCUT2D eigenvalue weighted by Gasteiger charge is 2.17. The molecule has 114 valence electrons. The van der Waals surface area contributed by atoms with Crippen LogP contribution < -0.4 is 10.9 Å². The molecule has 0 saturated carbocycles. The van der Waals surface area contributed by atoms with Gasteiger partial charge < -0.3 is 9.15 Å². The van der Waals surface area contributed by atoms with Crippen molar-refractivity contribution in [2.75, 3.05) is 26.3 Å². The Kier molecular flexibility index (Phi) is 3.57. The van der Waals surface area contributed by atoms with Crippen LogP contribution in [0.3, 0.4) is 0 Å². The molecule has 1 aromatic heterocycles. The van der Waals surface area contributed by atoms with Gasteiger partial charge in [-0.25, -0.2) is 18.4 Å². The molecule has 3 rings (SSSR count). The Morgan fingerprint density at radius 2 is 1.95 bits per heavy atom. The minimum Gasteiger partial charge on any atom is -0.408 e.